The third-order valence-electron chi connectivity index (χ3n) is 3.69. The van der Waals surface area contributed by atoms with Crippen LogP contribution in [0, 0.1) is 25.5 Å². The summed E-state index contributed by atoms with van der Waals surface area (Å²) < 4.78 is 33.1. The van der Waals surface area contributed by atoms with Crippen LogP contribution in [0.2, 0.25) is 10.0 Å². The molecular weight excluding hydrogens is 369 g/mol. The van der Waals surface area contributed by atoms with Gasteiger partial charge in [-0.25, -0.2) is 8.78 Å². The molecule has 7 heteroatoms. The lowest BCUT2D eigenvalue weighted by atomic mass is 10.1. The van der Waals surface area contributed by atoms with Crippen molar-refractivity contribution in [2.24, 2.45) is 10.2 Å². The average molecular weight is 387 g/mol. The Morgan fingerprint density at radius 3 is 2.00 bits per heavy atom. The molecule has 0 N–H and O–H groups in total. The molecule has 2 aromatic rings. The maximum atomic E-state index is 13.7. The van der Waals surface area contributed by atoms with Crippen molar-refractivity contribution in [3.05, 3.63) is 51.0 Å². The van der Waals surface area contributed by atoms with Gasteiger partial charge < -0.3 is 4.74 Å². The number of hydrogen-bond acceptors (Lipinski definition) is 3. The molecule has 0 bridgehead atoms. The molecule has 0 aliphatic carbocycles. The molecule has 0 fully saturated rings. The minimum Gasteiger partial charge on any atom is -0.493 e. The first-order chi connectivity index (χ1) is 11.9. The second kappa shape index (κ2) is 8.59. The van der Waals surface area contributed by atoms with Crippen molar-refractivity contribution < 1.29 is 13.5 Å². The van der Waals surface area contributed by atoms with Gasteiger partial charge in [0.15, 0.2) is 17.3 Å². The van der Waals surface area contributed by atoms with E-state index in [1.165, 1.54) is 6.07 Å². The van der Waals surface area contributed by atoms with E-state index < -0.39 is 17.3 Å². The molecule has 0 aromatic heterocycles. The largest absolute Gasteiger partial charge is 0.493 e. The molecule has 0 heterocycles. The summed E-state index contributed by atoms with van der Waals surface area (Å²) >= 11 is 12.7. The molecule has 134 valence electrons. The Balaban J connectivity index is 2.44. The number of ether oxygens (including phenoxy) is 1. The molecule has 0 saturated carbocycles. The Morgan fingerprint density at radius 1 is 0.960 bits per heavy atom. The minimum absolute atomic E-state index is 0.156. The summed E-state index contributed by atoms with van der Waals surface area (Å²) in [6, 6.07) is 3.45. The van der Waals surface area contributed by atoms with E-state index in [0.717, 1.165) is 25.0 Å². The predicted octanol–water partition coefficient (Wildman–Crippen LogP) is 7.48. The van der Waals surface area contributed by atoms with E-state index in [9.17, 15) is 8.78 Å². The number of azo groups is 1. The summed E-state index contributed by atoms with van der Waals surface area (Å²) in [5, 5.41) is 8.01. The normalized spacial score (nSPS) is 11.3. The Bertz CT molecular complexity index is 761. The van der Waals surface area contributed by atoms with Gasteiger partial charge >= 0.3 is 0 Å². The fraction of sp³-hybridized carbons (Fsp3) is 0.333. The van der Waals surface area contributed by atoms with Crippen molar-refractivity contribution in [2.75, 3.05) is 6.61 Å². The highest BCUT2D eigenvalue weighted by atomic mass is 35.5. The van der Waals surface area contributed by atoms with Crippen LogP contribution in [0.5, 0.6) is 5.75 Å². The van der Waals surface area contributed by atoms with Crippen LogP contribution in [0.4, 0.5) is 20.2 Å². The number of halogens is 4. The molecule has 3 nitrogen and oxygen atoms in total. The molecular formula is C18H18Cl2F2N2O. The van der Waals surface area contributed by atoms with Gasteiger partial charge in [-0.1, -0.05) is 42.6 Å². The van der Waals surface area contributed by atoms with Crippen LogP contribution in [-0.2, 0) is 0 Å². The summed E-state index contributed by atoms with van der Waals surface area (Å²) in [6.07, 6.45) is 1.90. The molecule has 2 rings (SSSR count). The van der Waals surface area contributed by atoms with Crippen LogP contribution < -0.4 is 4.74 Å². The standard InChI is InChI=1S/C18H18Cl2F2N2O/c1-4-5-9-25-18-10(2)14(19)17(15(20)11(18)3)24-23-16-12(21)7-6-8-13(16)22/h6-8H,4-5,9H2,1-3H3. The molecule has 0 spiro atoms. The second-order valence-corrected chi connectivity index (χ2v) is 6.28. The fourth-order valence-electron chi connectivity index (χ4n) is 2.24. The molecule has 0 aliphatic rings. The van der Waals surface area contributed by atoms with E-state index in [0.29, 0.717) is 23.5 Å². The lowest BCUT2D eigenvalue weighted by Gasteiger charge is -2.16. The van der Waals surface area contributed by atoms with Gasteiger partial charge in [0.1, 0.15) is 11.4 Å². The van der Waals surface area contributed by atoms with E-state index in [1.807, 2.05) is 0 Å². The highest BCUT2D eigenvalue weighted by molar-refractivity contribution is 6.40. The van der Waals surface area contributed by atoms with Gasteiger partial charge in [-0.15, -0.1) is 10.2 Å². The highest BCUT2D eigenvalue weighted by Gasteiger charge is 2.19. The monoisotopic (exact) mass is 386 g/mol. The smallest absolute Gasteiger partial charge is 0.157 e. The number of hydrogen-bond donors (Lipinski definition) is 0. The van der Waals surface area contributed by atoms with Crippen LogP contribution in [0.15, 0.2) is 28.4 Å². The number of benzene rings is 2. The van der Waals surface area contributed by atoms with Crippen LogP contribution >= 0.6 is 23.2 Å². The zero-order valence-corrected chi connectivity index (χ0v) is 15.7. The van der Waals surface area contributed by atoms with Gasteiger partial charge in [0.25, 0.3) is 0 Å². The first-order valence-electron chi connectivity index (χ1n) is 7.85. The Hall–Kier alpha value is -1.72. The topological polar surface area (TPSA) is 34.0 Å². The minimum atomic E-state index is -0.816. The van der Waals surface area contributed by atoms with Gasteiger partial charge in [-0.3, -0.25) is 0 Å². The van der Waals surface area contributed by atoms with Crippen molar-refractivity contribution in [1.82, 2.24) is 0 Å². The van der Waals surface area contributed by atoms with Gasteiger partial charge in [-0.05, 0) is 32.4 Å². The summed E-state index contributed by atoms with van der Waals surface area (Å²) in [5.74, 6) is -1.03. The van der Waals surface area contributed by atoms with E-state index in [-0.39, 0.29) is 15.7 Å². The predicted molar refractivity (Wildman–Crippen MR) is 96.9 cm³/mol. The van der Waals surface area contributed by atoms with Crippen molar-refractivity contribution >= 4 is 34.6 Å². The maximum absolute atomic E-state index is 13.7. The zero-order chi connectivity index (χ0) is 18.6. The third-order valence-corrected chi connectivity index (χ3v) is 4.61. The van der Waals surface area contributed by atoms with E-state index in [1.54, 1.807) is 13.8 Å². The Kier molecular flexibility index (Phi) is 6.73. The van der Waals surface area contributed by atoms with E-state index >= 15 is 0 Å². The van der Waals surface area contributed by atoms with Gasteiger partial charge in [0.05, 0.1) is 16.7 Å². The molecule has 0 radical (unpaired) electrons. The van der Waals surface area contributed by atoms with Crippen LogP contribution in [0.25, 0.3) is 0 Å². The molecule has 2 aromatic carbocycles. The quantitative estimate of drug-likeness (QED) is 0.374. The van der Waals surface area contributed by atoms with Crippen molar-refractivity contribution in [3.63, 3.8) is 0 Å². The zero-order valence-electron chi connectivity index (χ0n) is 14.2. The second-order valence-electron chi connectivity index (χ2n) is 5.53. The first-order valence-corrected chi connectivity index (χ1v) is 8.60. The van der Waals surface area contributed by atoms with Crippen molar-refractivity contribution in [3.8, 4) is 5.75 Å². The SMILES string of the molecule is CCCCOc1c(C)c(Cl)c(N=Nc2c(F)cccc2F)c(Cl)c1C. The molecule has 0 saturated heterocycles. The maximum Gasteiger partial charge on any atom is 0.157 e. The number of nitrogens with zero attached hydrogens (tertiary/aromatic N) is 2. The Labute approximate surface area is 155 Å². The third kappa shape index (κ3) is 4.28. The average Bonchev–Trinajstić information content (AvgIpc) is 2.58. The van der Waals surface area contributed by atoms with Crippen molar-refractivity contribution in [1.29, 1.82) is 0 Å². The molecule has 0 aliphatic heterocycles. The molecule has 0 unspecified atom stereocenters. The number of rotatable bonds is 6. The van der Waals surface area contributed by atoms with Crippen molar-refractivity contribution in [2.45, 2.75) is 33.6 Å². The summed E-state index contributed by atoms with van der Waals surface area (Å²) in [6.45, 7) is 6.16. The van der Waals surface area contributed by atoms with Gasteiger partial charge in [-0.2, -0.15) is 0 Å². The van der Waals surface area contributed by atoms with E-state index in [2.05, 4.69) is 17.2 Å². The Morgan fingerprint density at radius 2 is 1.48 bits per heavy atom. The highest BCUT2D eigenvalue weighted by Crippen LogP contribution is 2.45. The summed E-state index contributed by atoms with van der Waals surface area (Å²) in [4.78, 5) is 0. The summed E-state index contributed by atoms with van der Waals surface area (Å²) in [5.41, 5.74) is 0.974. The summed E-state index contributed by atoms with van der Waals surface area (Å²) in [7, 11) is 0. The van der Waals surface area contributed by atoms with Crippen LogP contribution in [0.1, 0.15) is 30.9 Å². The fourth-order valence-corrected chi connectivity index (χ4v) is 2.72. The first kappa shape index (κ1) is 19.6. The molecule has 25 heavy (non-hydrogen) atoms. The molecule has 0 amide bonds. The van der Waals surface area contributed by atoms with Gasteiger partial charge in [0.2, 0.25) is 0 Å². The van der Waals surface area contributed by atoms with Crippen LogP contribution in [-0.4, -0.2) is 6.61 Å². The van der Waals surface area contributed by atoms with Crippen LogP contribution in [0.3, 0.4) is 0 Å². The van der Waals surface area contributed by atoms with Gasteiger partial charge in [0, 0.05) is 11.1 Å². The lowest BCUT2D eigenvalue weighted by molar-refractivity contribution is 0.305. The lowest BCUT2D eigenvalue weighted by Crippen LogP contribution is -2.01. The van der Waals surface area contributed by atoms with E-state index in [4.69, 9.17) is 27.9 Å². The number of unbranched alkanes of at least 4 members (excludes halogenated alkanes) is 1. The molecule has 0 atom stereocenters.